The summed E-state index contributed by atoms with van der Waals surface area (Å²) in [6, 6.07) is 0. The fraction of sp³-hybridized carbons (Fsp3) is 0.878. The van der Waals surface area contributed by atoms with Crippen molar-refractivity contribution in [2.24, 2.45) is 0 Å². The van der Waals surface area contributed by atoms with E-state index in [1.807, 2.05) is 0 Å². The lowest BCUT2D eigenvalue weighted by molar-refractivity contribution is -0.167. The number of hydrogen-bond donors (Lipinski definition) is 0. The molecule has 0 spiro atoms. The number of allylic oxidation sites excluding steroid dienone is 6. The van der Waals surface area contributed by atoms with E-state index >= 15 is 0 Å². The van der Waals surface area contributed by atoms with Crippen molar-refractivity contribution in [1.82, 2.24) is 0 Å². The van der Waals surface area contributed by atoms with Crippen LogP contribution in [0.15, 0.2) is 36.5 Å². The van der Waals surface area contributed by atoms with Crippen molar-refractivity contribution >= 4 is 17.9 Å². The second-order valence-corrected chi connectivity index (χ2v) is 24.5. The van der Waals surface area contributed by atoms with E-state index in [1.54, 1.807) is 0 Å². The van der Waals surface area contributed by atoms with Gasteiger partial charge in [0.05, 0.1) is 0 Å². The molecule has 0 aliphatic heterocycles. The molecule has 1 unspecified atom stereocenters. The van der Waals surface area contributed by atoms with E-state index in [1.165, 1.54) is 276 Å². The molecule has 0 fully saturated rings. The molecule has 0 bridgehead atoms. The second-order valence-electron chi connectivity index (χ2n) is 24.5. The lowest BCUT2D eigenvalue weighted by Crippen LogP contribution is -2.30. The Morgan fingerprint density at radius 2 is 0.487 bits per heavy atom. The van der Waals surface area contributed by atoms with Gasteiger partial charge in [0.15, 0.2) is 6.10 Å². The summed E-state index contributed by atoms with van der Waals surface area (Å²) < 4.78 is 16.9. The highest BCUT2D eigenvalue weighted by Gasteiger charge is 2.19. The van der Waals surface area contributed by atoms with Crippen molar-refractivity contribution in [2.45, 2.75) is 406 Å². The fourth-order valence-corrected chi connectivity index (χ4v) is 11.1. The number of unbranched alkanes of at least 4 members (excludes halogenated alkanes) is 50. The van der Waals surface area contributed by atoms with Crippen molar-refractivity contribution in [3.8, 4) is 0 Å². The molecule has 0 aliphatic carbocycles. The summed E-state index contributed by atoms with van der Waals surface area (Å²) in [5.74, 6) is -0.881. The van der Waals surface area contributed by atoms with Gasteiger partial charge in [-0.3, -0.25) is 14.4 Å². The smallest absolute Gasteiger partial charge is 0.306 e. The third kappa shape index (κ3) is 66.4. The molecule has 0 saturated carbocycles. The van der Waals surface area contributed by atoms with Crippen molar-refractivity contribution in [3.63, 3.8) is 0 Å². The number of ether oxygens (including phenoxy) is 3. The Labute approximate surface area is 499 Å². The normalized spacial score (nSPS) is 12.2. The fourth-order valence-electron chi connectivity index (χ4n) is 11.1. The molecule has 0 aliphatic rings. The van der Waals surface area contributed by atoms with E-state index in [0.29, 0.717) is 19.3 Å². The van der Waals surface area contributed by atoms with Crippen LogP contribution in [-0.2, 0) is 28.6 Å². The number of esters is 3. The van der Waals surface area contributed by atoms with Gasteiger partial charge in [-0.25, -0.2) is 0 Å². The van der Waals surface area contributed by atoms with Gasteiger partial charge in [-0.2, -0.15) is 0 Å². The number of carbonyl (C=O) groups excluding carboxylic acids is 3. The highest BCUT2D eigenvalue weighted by atomic mass is 16.6. The minimum Gasteiger partial charge on any atom is -0.462 e. The zero-order chi connectivity index (χ0) is 57.8. The van der Waals surface area contributed by atoms with Crippen LogP contribution in [0.4, 0.5) is 0 Å². The molecule has 0 aromatic carbocycles. The Hall–Kier alpha value is -2.37. The van der Waals surface area contributed by atoms with Gasteiger partial charge in [0.25, 0.3) is 0 Å². The summed E-state index contributed by atoms with van der Waals surface area (Å²) in [5, 5.41) is 0. The SMILES string of the molecule is CC/C=C\C/C=C\C/C=C\CCCCCC(=O)OCC(COC(=O)CCCCCCCCCCCCCCCCCCCCCCCCCCCCCCCCCCCCC)OC(=O)CCCCCCCCCCCCCCCC. The standard InChI is InChI=1S/C74H138O6/c1-4-7-10-13-16-19-22-25-27-28-29-30-31-32-33-34-35-36-37-38-39-40-41-42-43-44-45-46-47-50-52-55-58-61-64-67-73(76)79-70-71(69-78-72(75)66-63-60-57-54-51-48-24-21-18-15-12-9-6-3)80-74(77)68-65-62-59-56-53-49-26-23-20-17-14-11-8-5-2/h9,12,18,21,48,51,71H,4-8,10-11,13-17,19-20,22-47,49-50,52-70H2,1-3H3/b12-9-,21-18-,51-48-. The lowest BCUT2D eigenvalue weighted by atomic mass is 10.0. The van der Waals surface area contributed by atoms with Gasteiger partial charge in [0, 0.05) is 19.3 Å². The Bertz CT molecular complexity index is 1340. The Morgan fingerprint density at radius 1 is 0.263 bits per heavy atom. The molecule has 6 nitrogen and oxygen atoms in total. The van der Waals surface area contributed by atoms with E-state index in [4.69, 9.17) is 14.2 Å². The molecule has 0 radical (unpaired) electrons. The van der Waals surface area contributed by atoms with Crippen molar-refractivity contribution in [1.29, 1.82) is 0 Å². The Morgan fingerprint density at radius 3 is 0.762 bits per heavy atom. The van der Waals surface area contributed by atoms with Crippen molar-refractivity contribution in [3.05, 3.63) is 36.5 Å². The van der Waals surface area contributed by atoms with E-state index in [2.05, 4.69) is 57.2 Å². The number of hydrogen-bond acceptors (Lipinski definition) is 6. The molecule has 0 aromatic heterocycles. The quantitative estimate of drug-likeness (QED) is 0.0261. The summed E-state index contributed by atoms with van der Waals surface area (Å²) in [6.07, 6.45) is 86.4. The van der Waals surface area contributed by atoms with E-state index < -0.39 is 6.10 Å². The van der Waals surface area contributed by atoms with Crippen molar-refractivity contribution in [2.75, 3.05) is 13.2 Å². The van der Waals surface area contributed by atoms with Gasteiger partial charge >= 0.3 is 17.9 Å². The van der Waals surface area contributed by atoms with Gasteiger partial charge in [0.2, 0.25) is 0 Å². The lowest BCUT2D eigenvalue weighted by Gasteiger charge is -2.18. The topological polar surface area (TPSA) is 78.9 Å². The van der Waals surface area contributed by atoms with Crippen LogP contribution in [0.25, 0.3) is 0 Å². The average molecular weight is 1120 g/mol. The molecule has 80 heavy (non-hydrogen) atoms. The molecular formula is C74H138O6. The second kappa shape index (κ2) is 69.1. The molecule has 6 heteroatoms. The Balaban J connectivity index is 4.02. The largest absolute Gasteiger partial charge is 0.462 e. The number of rotatable bonds is 67. The van der Waals surface area contributed by atoms with E-state index in [-0.39, 0.29) is 31.1 Å². The first kappa shape index (κ1) is 77.6. The maximum Gasteiger partial charge on any atom is 0.306 e. The predicted molar refractivity (Wildman–Crippen MR) is 349 cm³/mol. The third-order valence-corrected chi connectivity index (χ3v) is 16.4. The highest BCUT2D eigenvalue weighted by Crippen LogP contribution is 2.19. The number of carbonyl (C=O) groups is 3. The Kier molecular flexibility index (Phi) is 67.1. The van der Waals surface area contributed by atoms with Crippen LogP contribution in [0.1, 0.15) is 400 Å². The zero-order valence-electron chi connectivity index (χ0n) is 54.1. The highest BCUT2D eigenvalue weighted by molar-refractivity contribution is 5.71. The van der Waals surface area contributed by atoms with E-state index in [9.17, 15) is 14.4 Å². The summed E-state index contributed by atoms with van der Waals surface area (Å²) in [7, 11) is 0. The summed E-state index contributed by atoms with van der Waals surface area (Å²) in [4.78, 5) is 38.3. The van der Waals surface area contributed by atoms with Gasteiger partial charge in [0.1, 0.15) is 13.2 Å². The van der Waals surface area contributed by atoms with Gasteiger partial charge in [-0.05, 0) is 51.4 Å². The molecule has 0 rings (SSSR count). The third-order valence-electron chi connectivity index (χ3n) is 16.4. The molecule has 0 saturated heterocycles. The minimum atomic E-state index is -0.781. The van der Waals surface area contributed by atoms with Crippen LogP contribution in [0.3, 0.4) is 0 Å². The zero-order valence-corrected chi connectivity index (χ0v) is 54.1. The first-order chi connectivity index (χ1) is 39.5. The molecule has 0 aromatic rings. The summed E-state index contributed by atoms with van der Waals surface area (Å²) in [6.45, 7) is 6.57. The summed E-state index contributed by atoms with van der Waals surface area (Å²) in [5.41, 5.74) is 0. The van der Waals surface area contributed by atoms with E-state index in [0.717, 1.165) is 83.5 Å². The molecule has 0 heterocycles. The first-order valence-electron chi connectivity index (χ1n) is 36.0. The maximum atomic E-state index is 12.9. The molecule has 470 valence electrons. The molecular weight excluding hydrogens is 985 g/mol. The molecule has 0 N–H and O–H groups in total. The monoisotopic (exact) mass is 1120 g/mol. The van der Waals surface area contributed by atoms with Crippen LogP contribution >= 0.6 is 0 Å². The van der Waals surface area contributed by atoms with Crippen LogP contribution in [0.5, 0.6) is 0 Å². The van der Waals surface area contributed by atoms with Crippen LogP contribution in [0, 0.1) is 0 Å². The minimum absolute atomic E-state index is 0.0761. The predicted octanol–water partition coefficient (Wildman–Crippen LogP) is 24.7. The summed E-state index contributed by atoms with van der Waals surface area (Å²) >= 11 is 0. The first-order valence-corrected chi connectivity index (χ1v) is 36.0. The molecule has 0 amide bonds. The van der Waals surface area contributed by atoms with Crippen LogP contribution in [0.2, 0.25) is 0 Å². The average Bonchev–Trinajstić information content (AvgIpc) is 3.46. The van der Waals surface area contributed by atoms with Crippen molar-refractivity contribution < 1.29 is 28.6 Å². The van der Waals surface area contributed by atoms with Gasteiger partial charge in [-0.15, -0.1) is 0 Å². The van der Waals surface area contributed by atoms with Gasteiger partial charge in [-0.1, -0.05) is 365 Å². The van der Waals surface area contributed by atoms with Crippen LogP contribution in [-0.4, -0.2) is 37.2 Å². The maximum absolute atomic E-state index is 12.9. The van der Waals surface area contributed by atoms with Gasteiger partial charge < -0.3 is 14.2 Å². The van der Waals surface area contributed by atoms with Crippen LogP contribution < -0.4 is 0 Å². The molecule has 1 atom stereocenters.